The highest BCUT2D eigenvalue weighted by Crippen LogP contribution is 2.45. The van der Waals surface area contributed by atoms with Gasteiger partial charge in [-0.2, -0.15) is 0 Å². The summed E-state index contributed by atoms with van der Waals surface area (Å²) in [5, 5.41) is 28.2. The van der Waals surface area contributed by atoms with E-state index in [1.54, 1.807) is 0 Å². The molecule has 1 saturated carbocycles. The van der Waals surface area contributed by atoms with Crippen LogP contribution in [-0.4, -0.2) is 34.0 Å². The first-order valence-electron chi connectivity index (χ1n) is 5.58. The highest BCUT2D eigenvalue weighted by Gasteiger charge is 2.51. The number of aliphatic hydroxyl groups excluding tert-OH is 2. The second kappa shape index (κ2) is 4.97. The summed E-state index contributed by atoms with van der Waals surface area (Å²) in [6.07, 6.45) is 2.04. The number of allylic oxidation sites excluding steroid dienone is 2. The molecule has 1 unspecified atom stereocenters. The van der Waals surface area contributed by atoms with Crippen LogP contribution in [0.15, 0.2) is 11.6 Å². The molecule has 1 fully saturated rings. The van der Waals surface area contributed by atoms with Gasteiger partial charge < -0.3 is 15.3 Å². The average molecular weight is 228 g/mol. The lowest BCUT2D eigenvalue weighted by Gasteiger charge is -2.26. The maximum Gasteiger partial charge on any atom is 0.312 e. The first kappa shape index (κ1) is 13.2. The van der Waals surface area contributed by atoms with E-state index in [4.69, 9.17) is 5.11 Å². The van der Waals surface area contributed by atoms with E-state index in [0.717, 1.165) is 5.57 Å². The molecule has 1 aliphatic carbocycles. The van der Waals surface area contributed by atoms with E-state index in [0.29, 0.717) is 19.3 Å². The Morgan fingerprint density at radius 2 is 2.12 bits per heavy atom. The lowest BCUT2D eigenvalue weighted by molar-refractivity contribution is -0.154. The minimum Gasteiger partial charge on any atom is -0.481 e. The number of carboxylic acid groups (broad SMARTS) is 1. The van der Waals surface area contributed by atoms with Gasteiger partial charge in [0.2, 0.25) is 0 Å². The second-order valence-corrected chi connectivity index (χ2v) is 4.95. The maximum atomic E-state index is 11.3. The van der Waals surface area contributed by atoms with Crippen LogP contribution in [0, 0.1) is 11.3 Å². The molecule has 16 heavy (non-hydrogen) atoms. The average Bonchev–Trinajstić information content (AvgIpc) is 2.53. The molecule has 0 aromatic heterocycles. The van der Waals surface area contributed by atoms with Crippen molar-refractivity contribution in [3.8, 4) is 0 Å². The number of carbonyl (C=O) groups is 1. The molecule has 0 aliphatic heterocycles. The minimum atomic E-state index is -1.11. The fourth-order valence-electron chi connectivity index (χ4n) is 2.34. The van der Waals surface area contributed by atoms with Crippen molar-refractivity contribution in [2.45, 2.75) is 39.2 Å². The van der Waals surface area contributed by atoms with Gasteiger partial charge in [0, 0.05) is 6.61 Å². The topological polar surface area (TPSA) is 77.8 Å². The van der Waals surface area contributed by atoms with Gasteiger partial charge in [0.05, 0.1) is 11.5 Å². The van der Waals surface area contributed by atoms with Crippen molar-refractivity contribution in [1.82, 2.24) is 0 Å². The zero-order valence-corrected chi connectivity index (χ0v) is 9.81. The van der Waals surface area contributed by atoms with Crippen molar-refractivity contribution in [2.75, 3.05) is 6.61 Å². The molecule has 1 aliphatic rings. The highest BCUT2D eigenvalue weighted by molar-refractivity contribution is 5.76. The van der Waals surface area contributed by atoms with E-state index < -0.39 is 17.5 Å². The Kier molecular flexibility index (Phi) is 4.10. The van der Waals surface area contributed by atoms with Crippen LogP contribution in [0.1, 0.15) is 33.1 Å². The Balaban J connectivity index is 2.89. The van der Waals surface area contributed by atoms with Gasteiger partial charge in [-0.05, 0) is 39.0 Å². The fraction of sp³-hybridized carbons (Fsp3) is 0.750. The first-order chi connectivity index (χ1) is 7.42. The molecule has 0 radical (unpaired) electrons. The normalized spacial score (nSPS) is 33.8. The van der Waals surface area contributed by atoms with Crippen LogP contribution in [0.2, 0.25) is 0 Å². The summed E-state index contributed by atoms with van der Waals surface area (Å²) < 4.78 is 0. The summed E-state index contributed by atoms with van der Waals surface area (Å²) in [5.74, 6) is -1.06. The molecule has 0 aromatic rings. The number of aliphatic carboxylic acids is 1. The van der Waals surface area contributed by atoms with Crippen molar-refractivity contribution < 1.29 is 20.1 Å². The Hall–Kier alpha value is -0.870. The first-order valence-corrected chi connectivity index (χ1v) is 5.58. The standard InChI is InChI=1S/C12H20O4/c1-8(2)3-4-12(11(15)16)6-9(7-13)5-10(12)14/h3,9-10,13-14H,4-7H2,1-2H3,(H,15,16)/t9?,10-,12+/m0/s1. The number of carboxylic acids is 1. The van der Waals surface area contributed by atoms with E-state index in [2.05, 4.69) is 0 Å². The van der Waals surface area contributed by atoms with Crippen LogP contribution in [0.3, 0.4) is 0 Å². The fourth-order valence-corrected chi connectivity index (χ4v) is 2.34. The van der Waals surface area contributed by atoms with Gasteiger partial charge >= 0.3 is 5.97 Å². The quantitative estimate of drug-likeness (QED) is 0.631. The molecule has 3 N–H and O–H groups in total. The molecule has 0 aromatic carbocycles. The number of rotatable bonds is 4. The third-order valence-electron chi connectivity index (χ3n) is 3.41. The molecule has 92 valence electrons. The van der Waals surface area contributed by atoms with Gasteiger partial charge in [-0.15, -0.1) is 0 Å². The van der Waals surface area contributed by atoms with Crippen molar-refractivity contribution in [2.24, 2.45) is 11.3 Å². The molecule has 3 atom stereocenters. The largest absolute Gasteiger partial charge is 0.481 e. The number of hydrogen-bond donors (Lipinski definition) is 3. The number of hydrogen-bond acceptors (Lipinski definition) is 3. The molecular formula is C12H20O4. The highest BCUT2D eigenvalue weighted by atomic mass is 16.4. The zero-order valence-electron chi connectivity index (χ0n) is 9.81. The van der Waals surface area contributed by atoms with Crippen molar-refractivity contribution in [1.29, 1.82) is 0 Å². The van der Waals surface area contributed by atoms with Gasteiger partial charge in [-0.3, -0.25) is 4.79 Å². The van der Waals surface area contributed by atoms with Gasteiger partial charge in [0.1, 0.15) is 0 Å². The van der Waals surface area contributed by atoms with Crippen molar-refractivity contribution in [3.05, 3.63) is 11.6 Å². The molecule has 4 heteroatoms. The van der Waals surface area contributed by atoms with E-state index in [1.807, 2.05) is 19.9 Å². The van der Waals surface area contributed by atoms with Gasteiger partial charge in [-0.1, -0.05) is 11.6 Å². The molecule has 0 amide bonds. The van der Waals surface area contributed by atoms with Crippen LogP contribution in [0.4, 0.5) is 0 Å². The Morgan fingerprint density at radius 3 is 2.50 bits per heavy atom. The monoisotopic (exact) mass is 228 g/mol. The molecule has 1 rings (SSSR count). The molecule has 4 nitrogen and oxygen atoms in total. The minimum absolute atomic E-state index is 0.0547. The van der Waals surface area contributed by atoms with Crippen molar-refractivity contribution >= 4 is 5.97 Å². The lowest BCUT2D eigenvalue weighted by Crippen LogP contribution is -2.38. The van der Waals surface area contributed by atoms with E-state index in [9.17, 15) is 15.0 Å². The Bertz CT molecular complexity index is 293. The van der Waals surface area contributed by atoms with Crippen LogP contribution < -0.4 is 0 Å². The summed E-state index contributed by atoms with van der Waals surface area (Å²) in [7, 11) is 0. The molecule has 0 heterocycles. The van der Waals surface area contributed by atoms with E-state index >= 15 is 0 Å². The van der Waals surface area contributed by atoms with Crippen LogP contribution >= 0.6 is 0 Å². The van der Waals surface area contributed by atoms with Crippen LogP contribution in [0.5, 0.6) is 0 Å². The lowest BCUT2D eigenvalue weighted by atomic mass is 9.79. The summed E-state index contributed by atoms with van der Waals surface area (Å²) in [6.45, 7) is 3.75. The predicted octanol–water partition coefficient (Wildman–Crippen LogP) is 1.18. The van der Waals surface area contributed by atoms with Crippen LogP contribution in [-0.2, 0) is 4.79 Å². The van der Waals surface area contributed by atoms with Gasteiger partial charge in [-0.25, -0.2) is 0 Å². The predicted molar refractivity (Wildman–Crippen MR) is 59.9 cm³/mol. The summed E-state index contributed by atoms with van der Waals surface area (Å²) in [4.78, 5) is 11.3. The maximum absolute atomic E-state index is 11.3. The zero-order chi connectivity index (χ0) is 12.3. The third kappa shape index (κ3) is 2.44. The summed E-state index contributed by atoms with van der Waals surface area (Å²) >= 11 is 0. The molecule has 0 saturated heterocycles. The third-order valence-corrected chi connectivity index (χ3v) is 3.41. The smallest absolute Gasteiger partial charge is 0.312 e. The Morgan fingerprint density at radius 1 is 1.50 bits per heavy atom. The van der Waals surface area contributed by atoms with Crippen molar-refractivity contribution in [3.63, 3.8) is 0 Å². The second-order valence-electron chi connectivity index (χ2n) is 4.95. The van der Waals surface area contributed by atoms with Gasteiger partial charge in [0.25, 0.3) is 0 Å². The van der Waals surface area contributed by atoms with E-state index in [1.165, 1.54) is 0 Å². The summed E-state index contributed by atoms with van der Waals surface area (Å²) in [6, 6.07) is 0. The number of aliphatic hydroxyl groups is 2. The van der Waals surface area contributed by atoms with Crippen LogP contribution in [0.25, 0.3) is 0 Å². The SMILES string of the molecule is CC(C)=CC[C@@]1(C(=O)O)CC(CO)C[C@@H]1O. The molecular weight excluding hydrogens is 208 g/mol. The molecule has 0 spiro atoms. The molecule has 0 bridgehead atoms. The Labute approximate surface area is 95.6 Å². The summed E-state index contributed by atoms with van der Waals surface area (Å²) in [5.41, 5.74) is -0.0646. The van der Waals surface area contributed by atoms with Gasteiger partial charge in [0.15, 0.2) is 0 Å². The van der Waals surface area contributed by atoms with E-state index in [-0.39, 0.29) is 12.5 Å².